The highest BCUT2D eigenvalue weighted by atomic mass is 32.1. The molecule has 4 rings (SSSR count). The third kappa shape index (κ3) is 5.13. The van der Waals surface area contributed by atoms with Crippen LogP contribution in [0.5, 0.6) is 0 Å². The number of hydrogen-bond donors (Lipinski definition) is 1. The van der Waals surface area contributed by atoms with Gasteiger partial charge in [0.05, 0.1) is 10.2 Å². The van der Waals surface area contributed by atoms with Gasteiger partial charge in [-0.15, -0.1) is 11.3 Å². The molecule has 1 atom stereocenters. The summed E-state index contributed by atoms with van der Waals surface area (Å²) in [6, 6.07) is 1.92. The van der Waals surface area contributed by atoms with Crippen molar-refractivity contribution >= 4 is 33.0 Å². The maximum Gasteiger partial charge on any atom is 0.262 e. The van der Waals surface area contributed by atoms with Gasteiger partial charge in [-0.2, -0.15) is 0 Å². The lowest BCUT2D eigenvalue weighted by atomic mass is 9.97. The smallest absolute Gasteiger partial charge is 0.262 e. The number of pyridine rings is 1. The molecule has 2 aliphatic carbocycles. The SMILES string of the molecule is CCC1C=C(OCC(=O)N/C2=C/C(c3nc4ccncc4s3)=C\CC=CC2)C=CC1. The summed E-state index contributed by atoms with van der Waals surface area (Å²) in [4.78, 5) is 21.4. The highest BCUT2D eigenvalue weighted by Crippen LogP contribution is 2.29. The molecule has 0 fully saturated rings. The van der Waals surface area contributed by atoms with Crippen molar-refractivity contribution in [1.82, 2.24) is 15.3 Å². The fourth-order valence-electron chi connectivity index (χ4n) is 3.41. The van der Waals surface area contributed by atoms with Gasteiger partial charge in [0, 0.05) is 30.1 Å². The first-order chi connectivity index (χ1) is 14.7. The lowest BCUT2D eigenvalue weighted by Crippen LogP contribution is -2.27. The summed E-state index contributed by atoms with van der Waals surface area (Å²) in [6.45, 7) is 2.16. The van der Waals surface area contributed by atoms with Crippen LogP contribution in [0.25, 0.3) is 15.8 Å². The van der Waals surface area contributed by atoms with Crippen molar-refractivity contribution in [2.75, 3.05) is 6.61 Å². The Kier molecular flexibility index (Phi) is 6.54. The molecule has 6 heteroatoms. The topological polar surface area (TPSA) is 64.1 Å². The molecule has 1 unspecified atom stereocenters. The normalized spacial score (nSPS) is 22.3. The van der Waals surface area contributed by atoms with Gasteiger partial charge in [-0.3, -0.25) is 9.78 Å². The van der Waals surface area contributed by atoms with E-state index in [2.05, 4.69) is 47.6 Å². The lowest BCUT2D eigenvalue weighted by Gasteiger charge is -2.16. The first kappa shape index (κ1) is 20.3. The van der Waals surface area contributed by atoms with E-state index in [1.807, 2.05) is 24.4 Å². The van der Waals surface area contributed by atoms with Crippen molar-refractivity contribution in [1.29, 1.82) is 0 Å². The van der Waals surface area contributed by atoms with Gasteiger partial charge < -0.3 is 10.1 Å². The number of ether oxygens (including phenoxy) is 1. The highest BCUT2D eigenvalue weighted by molar-refractivity contribution is 7.19. The molecule has 2 aromatic rings. The molecule has 0 aromatic carbocycles. The molecule has 154 valence electrons. The second-order valence-corrected chi connectivity index (χ2v) is 8.35. The van der Waals surface area contributed by atoms with E-state index in [1.165, 1.54) is 0 Å². The standard InChI is InChI=1S/C24H25N3O2S/c1-2-17-7-6-10-20(13-17)29-16-23(28)26-19-9-5-3-4-8-18(14-19)24-27-21-11-12-25-15-22(21)30-24/h3,5-6,8,10-15,17H,2,4,7,9,16H2,1H3,(H,26,28)/b5-3?,18-8+,19-14+. The molecule has 1 N–H and O–H groups in total. The van der Waals surface area contributed by atoms with Crippen LogP contribution in [0.15, 0.2) is 72.4 Å². The second kappa shape index (κ2) is 9.67. The van der Waals surface area contributed by atoms with E-state index in [1.54, 1.807) is 17.5 Å². The van der Waals surface area contributed by atoms with Gasteiger partial charge >= 0.3 is 0 Å². The average molecular weight is 420 g/mol. The minimum atomic E-state index is -0.156. The monoisotopic (exact) mass is 419 g/mol. The summed E-state index contributed by atoms with van der Waals surface area (Å²) in [6.07, 6.45) is 21.7. The maximum atomic E-state index is 12.5. The molecule has 0 bridgehead atoms. The third-order valence-electron chi connectivity index (χ3n) is 5.06. The molecular formula is C24H25N3O2S. The van der Waals surface area contributed by atoms with Crippen LogP contribution in [-0.4, -0.2) is 22.5 Å². The summed E-state index contributed by atoms with van der Waals surface area (Å²) < 4.78 is 6.76. The van der Waals surface area contributed by atoms with Crippen LogP contribution in [0.4, 0.5) is 0 Å². The van der Waals surface area contributed by atoms with E-state index >= 15 is 0 Å². The van der Waals surface area contributed by atoms with Gasteiger partial charge in [0.15, 0.2) is 6.61 Å². The number of amides is 1. The first-order valence-electron chi connectivity index (χ1n) is 10.3. The van der Waals surface area contributed by atoms with Crippen LogP contribution in [0, 0.1) is 5.92 Å². The summed E-state index contributed by atoms with van der Waals surface area (Å²) in [5.74, 6) is 1.11. The van der Waals surface area contributed by atoms with Gasteiger partial charge in [0.2, 0.25) is 0 Å². The Hall–Kier alpha value is -2.99. The van der Waals surface area contributed by atoms with Crippen molar-refractivity contribution in [3.63, 3.8) is 0 Å². The number of carbonyl (C=O) groups is 1. The Morgan fingerprint density at radius 1 is 1.33 bits per heavy atom. The van der Waals surface area contributed by atoms with Crippen LogP contribution in [0.3, 0.4) is 0 Å². The van der Waals surface area contributed by atoms with Crippen molar-refractivity contribution in [2.24, 2.45) is 5.92 Å². The third-order valence-corrected chi connectivity index (χ3v) is 6.12. The quantitative estimate of drug-likeness (QED) is 0.645. The van der Waals surface area contributed by atoms with Gasteiger partial charge in [-0.25, -0.2) is 4.98 Å². The minimum Gasteiger partial charge on any atom is -0.484 e. The predicted molar refractivity (Wildman–Crippen MR) is 122 cm³/mol. The fraction of sp³-hybridized carbons (Fsp3) is 0.292. The number of thiazole rings is 1. The number of carbonyl (C=O) groups excluding carboxylic acids is 1. The van der Waals surface area contributed by atoms with E-state index in [0.717, 1.165) is 51.5 Å². The molecule has 0 spiro atoms. The number of nitrogens with zero attached hydrogens (tertiary/aromatic N) is 2. The average Bonchev–Trinajstić information content (AvgIpc) is 3.18. The van der Waals surface area contributed by atoms with Gasteiger partial charge in [0.25, 0.3) is 5.91 Å². The largest absolute Gasteiger partial charge is 0.484 e. The summed E-state index contributed by atoms with van der Waals surface area (Å²) >= 11 is 1.61. The number of allylic oxidation sites excluding steroid dienone is 8. The number of hydrogen-bond acceptors (Lipinski definition) is 5. The molecule has 30 heavy (non-hydrogen) atoms. The van der Waals surface area contributed by atoms with Crippen molar-refractivity contribution in [3.05, 3.63) is 77.5 Å². The van der Waals surface area contributed by atoms with Crippen LogP contribution in [-0.2, 0) is 9.53 Å². The number of fused-ring (bicyclic) bond motifs is 1. The van der Waals surface area contributed by atoms with Crippen molar-refractivity contribution < 1.29 is 9.53 Å². The number of rotatable bonds is 6. The second-order valence-electron chi connectivity index (χ2n) is 7.31. The zero-order valence-electron chi connectivity index (χ0n) is 17.0. The molecule has 1 amide bonds. The number of nitrogens with one attached hydrogen (secondary N) is 1. The molecule has 2 aliphatic rings. The van der Waals surface area contributed by atoms with E-state index in [0.29, 0.717) is 12.3 Å². The lowest BCUT2D eigenvalue weighted by molar-refractivity contribution is -0.123. The van der Waals surface area contributed by atoms with E-state index in [-0.39, 0.29) is 12.5 Å². The van der Waals surface area contributed by atoms with Crippen LogP contribution in [0.2, 0.25) is 0 Å². The Morgan fingerprint density at radius 3 is 3.13 bits per heavy atom. The summed E-state index contributed by atoms with van der Waals surface area (Å²) in [7, 11) is 0. The van der Waals surface area contributed by atoms with Crippen molar-refractivity contribution in [2.45, 2.75) is 32.6 Å². The molecular weight excluding hydrogens is 394 g/mol. The molecule has 5 nitrogen and oxygen atoms in total. The van der Waals surface area contributed by atoms with E-state index in [9.17, 15) is 4.79 Å². The summed E-state index contributed by atoms with van der Waals surface area (Å²) in [5, 5.41) is 3.93. The molecule has 0 saturated carbocycles. The molecule has 2 heterocycles. The Labute approximate surface area is 180 Å². The fourth-order valence-corrected chi connectivity index (χ4v) is 4.35. The predicted octanol–water partition coefficient (Wildman–Crippen LogP) is 5.31. The van der Waals surface area contributed by atoms with Crippen molar-refractivity contribution in [3.8, 4) is 0 Å². The van der Waals surface area contributed by atoms with E-state index in [4.69, 9.17) is 9.72 Å². The summed E-state index contributed by atoms with van der Waals surface area (Å²) in [5.41, 5.74) is 2.79. The van der Waals surface area contributed by atoms with Crippen LogP contribution >= 0.6 is 11.3 Å². The maximum absolute atomic E-state index is 12.5. The molecule has 0 aliphatic heterocycles. The van der Waals surface area contributed by atoms with Crippen LogP contribution in [0.1, 0.15) is 37.6 Å². The molecule has 0 saturated heterocycles. The van der Waals surface area contributed by atoms with Gasteiger partial charge in [-0.05, 0) is 49.5 Å². The zero-order chi connectivity index (χ0) is 20.8. The molecule has 0 radical (unpaired) electrons. The van der Waals surface area contributed by atoms with E-state index < -0.39 is 0 Å². The van der Waals surface area contributed by atoms with Crippen LogP contribution < -0.4 is 5.32 Å². The zero-order valence-corrected chi connectivity index (χ0v) is 17.8. The Balaban J connectivity index is 1.44. The first-order valence-corrected chi connectivity index (χ1v) is 11.1. The highest BCUT2D eigenvalue weighted by Gasteiger charge is 2.13. The Bertz CT molecular complexity index is 1040. The number of aromatic nitrogens is 2. The van der Waals surface area contributed by atoms with Gasteiger partial charge in [0.1, 0.15) is 10.8 Å². The molecule has 2 aromatic heterocycles. The van der Waals surface area contributed by atoms with Gasteiger partial charge in [-0.1, -0.05) is 31.2 Å². The minimum absolute atomic E-state index is 0.000480. The Morgan fingerprint density at radius 2 is 2.27 bits per heavy atom.